The lowest BCUT2D eigenvalue weighted by atomic mass is 10.1. The van der Waals surface area contributed by atoms with Gasteiger partial charge in [-0.05, 0) is 42.3 Å². The van der Waals surface area contributed by atoms with Gasteiger partial charge in [-0.1, -0.05) is 24.3 Å². The Balaban J connectivity index is 1.74. The Hall–Kier alpha value is -2.49. The molecule has 4 nitrogen and oxygen atoms in total. The molecule has 0 aliphatic rings. The van der Waals surface area contributed by atoms with Crippen molar-refractivity contribution in [2.24, 2.45) is 0 Å². The fourth-order valence-corrected chi connectivity index (χ4v) is 1.90. The highest BCUT2D eigenvalue weighted by atomic mass is 16.5. The summed E-state index contributed by atoms with van der Waals surface area (Å²) in [5.74, 6) is 0.697. The van der Waals surface area contributed by atoms with Gasteiger partial charge in [-0.3, -0.25) is 4.79 Å². The van der Waals surface area contributed by atoms with Crippen LogP contribution in [0.25, 0.3) is 0 Å². The van der Waals surface area contributed by atoms with Crippen molar-refractivity contribution in [2.45, 2.75) is 13.3 Å². The zero-order chi connectivity index (χ0) is 15.1. The Kier molecular flexibility index (Phi) is 5.21. The largest absolute Gasteiger partial charge is 0.490 e. The predicted octanol–water partition coefficient (Wildman–Crippen LogP) is 3.08. The third-order valence-electron chi connectivity index (χ3n) is 2.89. The molecule has 110 valence electrons. The van der Waals surface area contributed by atoms with Crippen molar-refractivity contribution >= 4 is 5.97 Å². The summed E-state index contributed by atoms with van der Waals surface area (Å²) in [6.45, 7) is 2.91. The summed E-state index contributed by atoms with van der Waals surface area (Å²) in [5, 5.41) is 8.69. The van der Waals surface area contributed by atoms with E-state index in [1.807, 2.05) is 31.2 Å². The van der Waals surface area contributed by atoms with Crippen LogP contribution in [0.4, 0.5) is 0 Å². The van der Waals surface area contributed by atoms with Gasteiger partial charge in [0, 0.05) is 0 Å². The molecule has 0 aromatic heterocycles. The van der Waals surface area contributed by atoms with Crippen molar-refractivity contribution < 1.29 is 19.4 Å². The first-order valence-electron chi connectivity index (χ1n) is 6.76. The van der Waals surface area contributed by atoms with Gasteiger partial charge >= 0.3 is 5.97 Å². The van der Waals surface area contributed by atoms with Gasteiger partial charge in [-0.15, -0.1) is 0 Å². The first kappa shape index (κ1) is 14.9. The lowest BCUT2D eigenvalue weighted by molar-refractivity contribution is -0.136. The molecule has 4 heteroatoms. The van der Waals surface area contributed by atoms with E-state index in [0.717, 1.165) is 16.9 Å². The van der Waals surface area contributed by atoms with Crippen molar-refractivity contribution in [3.8, 4) is 11.5 Å². The van der Waals surface area contributed by atoms with Crippen LogP contribution in [0.15, 0.2) is 48.5 Å². The highest BCUT2D eigenvalue weighted by molar-refractivity contribution is 5.70. The predicted molar refractivity (Wildman–Crippen MR) is 80.0 cm³/mol. The molecule has 2 rings (SSSR count). The van der Waals surface area contributed by atoms with Gasteiger partial charge in [0.15, 0.2) is 0 Å². The average molecular weight is 286 g/mol. The molecule has 0 bridgehead atoms. The van der Waals surface area contributed by atoms with Crippen molar-refractivity contribution in [1.82, 2.24) is 0 Å². The Bertz CT molecular complexity index is 590. The summed E-state index contributed by atoms with van der Waals surface area (Å²) in [6, 6.07) is 14.9. The van der Waals surface area contributed by atoms with E-state index in [9.17, 15) is 4.79 Å². The van der Waals surface area contributed by atoms with Gasteiger partial charge < -0.3 is 14.6 Å². The Morgan fingerprint density at radius 2 is 1.67 bits per heavy atom. The summed E-state index contributed by atoms with van der Waals surface area (Å²) < 4.78 is 11.1. The van der Waals surface area contributed by atoms with E-state index < -0.39 is 5.97 Å². The maximum atomic E-state index is 10.6. The molecule has 0 aliphatic heterocycles. The number of carboxylic acids is 1. The Labute approximate surface area is 123 Å². The summed E-state index contributed by atoms with van der Waals surface area (Å²) in [4.78, 5) is 10.6. The molecule has 0 fully saturated rings. The second-order valence-corrected chi connectivity index (χ2v) is 4.73. The summed E-state index contributed by atoms with van der Waals surface area (Å²) in [7, 11) is 0. The number of aryl methyl sites for hydroxylation is 1. The maximum Gasteiger partial charge on any atom is 0.307 e. The number of rotatable bonds is 7. The molecular formula is C17H18O4. The molecule has 0 saturated carbocycles. The standard InChI is InChI=1S/C17H18O4/c1-13-3-2-4-16(11-13)21-10-9-20-15-7-5-14(6-8-15)12-17(18)19/h2-8,11H,9-10,12H2,1H3,(H,18,19). The topological polar surface area (TPSA) is 55.8 Å². The zero-order valence-electron chi connectivity index (χ0n) is 11.9. The van der Waals surface area contributed by atoms with Crippen molar-refractivity contribution in [3.63, 3.8) is 0 Å². The van der Waals surface area contributed by atoms with Crippen LogP contribution in [0.1, 0.15) is 11.1 Å². The molecule has 2 aromatic carbocycles. The molecule has 0 atom stereocenters. The molecule has 0 heterocycles. The Morgan fingerprint density at radius 1 is 1.00 bits per heavy atom. The zero-order valence-corrected chi connectivity index (χ0v) is 11.9. The third kappa shape index (κ3) is 5.18. The van der Waals surface area contributed by atoms with Crippen LogP contribution in [0.5, 0.6) is 11.5 Å². The van der Waals surface area contributed by atoms with Gasteiger partial charge in [0.1, 0.15) is 24.7 Å². The van der Waals surface area contributed by atoms with Gasteiger partial charge in [0.25, 0.3) is 0 Å². The van der Waals surface area contributed by atoms with Crippen LogP contribution in [0.2, 0.25) is 0 Å². The number of ether oxygens (including phenoxy) is 2. The first-order valence-corrected chi connectivity index (χ1v) is 6.76. The van der Waals surface area contributed by atoms with Crippen LogP contribution in [-0.4, -0.2) is 24.3 Å². The van der Waals surface area contributed by atoms with Crippen molar-refractivity contribution in [2.75, 3.05) is 13.2 Å². The van der Waals surface area contributed by atoms with Gasteiger partial charge in [-0.25, -0.2) is 0 Å². The minimum Gasteiger partial charge on any atom is -0.490 e. The summed E-state index contributed by atoms with van der Waals surface area (Å²) in [5.41, 5.74) is 1.91. The first-order chi connectivity index (χ1) is 10.1. The van der Waals surface area contributed by atoms with E-state index in [2.05, 4.69) is 0 Å². The van der Waals surface area contributed by atoms with E-state index in [1.165, 1.54) is 0 Å². The summed E-state index contributed by atoms with van der Waals surface area (Å²) in [6.07, 6.45) is 0.0246. The molecule has 0 aliphatic carbocycles. The molecule has 0 radical (unpaired) electrons. The molecule has 0 amide bonds. The highest BCUT2D eigenvalue weighted by Gasteiger charge is 2.01. The van der Waals surface area contributed by atoms with Gasteiger partial charge in [0.05, 0.1) is 6.42 Å². The number of hydrogen-bond acceptors (Lipinski definition) is 3. The lowest BCUT2D eigenvalue weighted by Gasteiger charge is -2.09. The fourth-order valence-electron chi connectivity index (χ4n) is 1.90. The molecular weight excluding hydrogens is 268 g/mol. The van der Waals surface area contributed by atoms with E-state index in [-0.39, 0.29) is 6.42 Å². The quantitative estimate of drug-likeness (QED) is 0.795. The molecule has 0 saturated heterocycles. The maximum absolute atomic E-state index is 10.6. The molecule has 2 aromatic rings. The highest BCUT2D eigenvalue weighted by Crippen LogP contribution is 2.14. The second kappa shape index (κ2) is 7.33. The van der Waals surface area contributed by atoms with Crippen LogP contribution in [0.3, 0.4) is 0 Å². The minimum atomic E-state index is -0.838. The van der Waals surface area contributed by atoms with E-state index in [1.54, 1.807) is 24.3 Å². The monoisotopic (exact) mass is 286 g/mol. The van der Waals surface area contributed by atoms with Gasteiger partial charge in [-0.2, -0.15) is 0 Å². The van der Waals surface area contributed by atoms with E-state index >= 15 is 0 Å². The number of hydrogen-bond donors (Lipinski definition) is 1. The van der Waals surface area contributed by atoms with Crippen molar-refractivity contribution in [1.29, 1.82) is 0 Å². The minimum absolute atomic E-state index is 0.0246. The number of carbonyl (C=O) groups is 1. The number of carboxylic acid groups (broad SMARTS) is 1. The summed E-state index contributed by atoms with van der Waals surface area (Å²) >= 11 is 0. The van der Waals surface area contributed by atoms with Crippen molar-refractivity contribution in [3.05, 3.63) is 59.7 Å². The molecule has 0 unspecified atom stereocenters. The van der Waals surface area contributed by atoms with E-state index in [0.29, 0.717) is 19.0 Å². The number of benzene rings is 2. The van der Waals surface area contributed by atoms with Crippen LogP contribution < -0.4 is 9.47 Å². The molecule has 0 spiro atoms. The Morgan fingerprint density at radius 3 is 2.29 bits per heavy atom. The molecule has 1 N–H and O–H groups in total. The average Bonchev–Trinajstić information content (AvgIpc) is 2.45. The third-order valence-corrected chi connectivity index (χ3v) is 2.89. The smallest absolute Gasteiger partial charge is 0.307 e. The normalized spacial score (nSPS) is 10.1. The fraction of sp³-hybridized carbons (Fsp3) is 0.235. The lowest BCUT2D eigenvalue weighted by Crippen LogP contribution is -2.09. The van der Waals surface area contributed by atoms with Crippen LogP contribution >= 0.6 is 0 Å². The second-order valence-electron chi connectivity index (χ2n) is 4.73. The van der Waals surface area contributed by atoms with Crippen LogP contribution in [-0.2, 0) is 11.2 Å². The van der Waals surface area contributed by atoms with Gasteiger partial charge in [0.2, 0.25) is 0 Å². The number of aliphatic carboxylic acids is 1. The van der Waals surface area contributed by atoms with Crippen LogP contribution in [0, 0.1) is 6.92 Å². The van der Waals surface area contributed by atoms with E-state index in [4.69, 9.17) is 14.6 Å². The SMILES string of the molecule is Cc1cccc(OCCOc2ccc(CC(=O)O)cc2)c1. The molecule has 21 heavy (non-hydrogen) atoms.